The number of oxazole rings is 1. The summed E-state index contributed by atoms with van der Waals surface area (Å²) >= 11 is 0. The topological polar surface area (TPSA) is 64.4 Å². The van der Waals surface area contributed by atoms with Gasteiger partial charge in [-0.3, -0.25) is 0 Å². The van der Waals surface area contributed by atoms with Crippen molar-refractivity contribution in [1.82, 2.24) is 10.3 Å². The summed E-state index contributed by atoms with van der Waals surface area (Å²) < 4.78 is 10.6. The van der Waals surface area contributed by atoms with Crippen LogP contribution < -0.4 is 10.1 Å². The minimum atomic E-state index is -0.543. The molecule has 5 heteroatoms. The first-order chi connectivity index (χ1) is 9.81. The predicted octanol–water partition coefficient (Wildman–Crippen LogP) is 3.12. The molecule has 0 saturated carbocycles. The minimum Gasteiger partial charge on any atom is -0.439 e. The number of rotatable bonds is 3. The second kappa shape index (κ2) is 5.44. The summed E-state index contributed by atoms with van der Waals surface area (Å²) in [5.74, 6) is 0.929. The Hall–Kier alpha value is -2.82. The third kappa shape index (κ3) is 2.77. The van der Waals surface area contributed by atoms with Crippen LogP contribution in [-0.2, 0) is 6.54 Å². The van der Waals surface area contributed by atoms with Gasteiger partial charge in [-0.2, -0.15) is 0 Å². The number of nitrogens with one attached hydrogen (secondary N) is 1. The Kier molecular flexibility index (Phi) is 3.33. The number of amides is 1. The van der Waals surface area contributed by atoms with Gasteiger partial charge in [-0.05, 0) is 24.3 Å². The van der Waals surface area contributed by atoms with Crippen LogP contribution in [-0.4, -0.2) is 11.1 Å². The number of nitrogens with zero attached hydrogens (tertiary/aromatic N) is 1. The summed E-state index contributed by atoms with van der Waals surface area (Å²) in [5, 5.41) is 2.59. The van der Waals surface area contributed by atoms with E-state index in [9.17, 15) is 4.79 Å². The first kappa shape index (κ1) is 12.2. The van der Waals surface area contributed by atoms with Crippen LogP contribution in [0.5, 0.6) is 5.75 Å². The van der Waals surface area contributed by atoms with Crippen LogP contribution >= 0.6 is 0 Å². The zero-order valence-electron chi connectivity index (χ0n) is 10.6. The van der Waals surface area contributed by atoms with Gasteiger partial charge >= 0.3 is 6.09 Å². The summed E-state index contributed by atoms with van der Waals surface area (Å²) in [5.41, 5.74) is 1.46. The first-order valence-electron chi connectivity index (χ1n) is 6.16. The van der Waals surface area contributed by atoms with E-state index < -0.39 is 6.09 Å². The van der Waals surface area contributed by atoms with E-state index in [4.69, 9.17) is 9.15 Å². The second-order valence-corrected chi connectivity index (χ2v) is 4.13. The van der Waals surface area contributed by atoms with Gasteiger partial charge in [0, 0.05) is 0 Å². The smallest absolute Gasteiger partial charge is 0.413 e. The molecule has 5 nitrogen and oxygen atoms in total. The molecule has 1 aromatic heterocycles. The van der Waals surface area contributed by atoms with E-state index in [1.165, 1.54) is 0 Å². The largest absolute Gasteiger partial charge is 0.439 e. The van der Waals surface area contributed by atoms with Gasteiger partial charge in [-0.15, -0.1) is 0 Å². The van der Waals surface area contributed by atoms with E-state index in [0.717, 1.165) is 5.52 Å². The molecule has 0 bridgehead atoms. The number of carbonyl (C=O) groups excluding carboxylic acids is 1. The Labute approximate surface area is 115 Å². The van der Waals surface area contributed by atoms with E-state index in [1.807, 2.05) is 30.3 Å². The molecule has 0 aliphatic rings. The molecule has 0 radical (unpaired) electrons. The third-order valence-corrected chi connectivity index (χ3v) is 2.68. The van der Waals surface area contributed by atoms with Gasteiger partial charge in [0.15, 0.2) is 5.58 Å². The fraction of sp³-hybridized carbons (Fsp3) is 0.0667. The number of para-hydroxylation sites is 3. The zero-order chi connectivity index (χ0) is 13.8. The lowest BCUT2D eigenvalue weighted by Gasteiger charge is -2.04. The highest BCUT2D eigenvalue weighted by atomic mass is 16.6. The summed E-state index contributed by atoms with van der Waals surface area (Å²) in [6, 6.07) is 16.3. The quantitative estimate of drug-likeness (QED) is 0.792. The fourth-order valence-electron chi connectivity index (χ4n) is 1.77. The number of ether oxygens (including phenoxy) is 1. The molecule has 1 amide bonds. The van der Waals surface area contributed by atoms with Crippen molar-refractivity contribution in [3.63, 3.8) is 0 Å². The average Bonchev–Trinajstić information content (AvgIpc) is 2.89. The monoisotopic (exact) mass is 268 g/mol. The number of fused-ring (bicyclic) bond motifs is 1. The Morgan fingerprint density at radius 1 is 1.10 bits per heavy atom. The highest BCUT2D eigenvalue weighted by molar-refractivity contribution is 5.72. The van der Waals surface area contributed by atoms with Gasteiger partial charge < -0.3 is 14.5 Å². The van der Waals surface area contributed by atoms with Crippen LogP contribution in [0.2, 0.25) is 0 Å². The van der Waals surface area contributed by atoms with Crippen LogP contribution in [0.25, 0.3) is 11.1 Å². The number of carbonyl (C=O) groups is 1. The van der Waals surface area contributed by atoms with E-state index in [0.29, 0.717) is 17.2 Å². The van der Waals surface area contributed by atoms with Crippen molar-refractivity contribution in [1.29, 1.82) is 0 Å². The molecular weight excluding hydrogens is 256 g/mol. The van der Waals surface area contributed by atoms with Gasteiger partial charge in [-0.1, -0.05) is 30.3 Å². The van der Waals surface area contributed by atoms with Crippen LogP contribution in [0.1, 0.15) is 5.89 Å². The third-order valence-electron chi connectivity index (χ3n) is 2.68. The molecule has 20 heavy (non-hydrogen) atoms. The molecular formula is C15H12N2O3. The minimum absolute atomic E-state index is 0.181. The Morgan fingerprint density at radius 2 is 1.85 bits per heavy atom. The van der Waals surface area contributed by atoms with Gasteiger partial charge in [0.2, 0.25) is 5.89 Å². The number of aromatic nitrogens is 1. The summed E-state index contributed by atoms with van der Waals surface area (Å²) in [6.45, 7) is 0.181. The van der Waals surface area contributed by atoms with Gasteiger partial charge in [0.05, 0.1) is 6.54 Å². The molecule has 0 aliphatic heterocycles. The maximum absolute atomic E-state index is 11.6. The molecule has 0 saturated heterocycles. The molecule has 2 aromatic carbocycles. The van der Waals surface area contributed by atoms with Crippen molar-refractivity contribution in [2.75, 3.05) is 0 Å². The molecule has 0 aliphatic carbocycles. The lowest BCUT2D eigenvalue weighted by molar-refractivity contribution is 0.199. The maximum atomic E-state index is 11.6. The molecule has 0 spiro atoms. The highest BCUT2D eigenvalue weighted by Gasteiger charge is 2.08. The van der Waals surface area contributed by atoms with E-state index in [2.05, 4.69) is 10.3 Å². The summed E-state index contributed by atoms with van der Waals surface area (Å²) in [6.07, 6.45) is -0.543. The zero-order valence-corrected chi connectivity index (χ0v) is 10.6. The highest BCUT2D eigenvalue weighted by Crippen LogP contribution is 2.14. The number of hydrogen-bond donors (Lipinski definition) is 1. The van der Waals surface area contributed by atoms with Gasteiger partial charge in [0.25, 0.3) is 0 Å². The van der Waals surface area contributed by atoms with E-state index in [-0.39, 0.29) is 6.54 Å². The molecule has 1 heterocycles. The molecule has 0 unspecified atom stereocenters. The fourth-order valence-corrected chi connectivity index (χ4v) is 1.77. The van der Waals surface area contributed by atoms with Crippen molar-refractivity contribution < 1.29 is 13.9 Å². The van der Waals surface area contributed by atoms with Gasteiger partial charge in [-0.25, -0.2) is 9.78 Å². The van der Waals surface area contributed by atoms with E-state index >= 15 is 0 Å². The van der Waals surface area contributed by atoms with Crippen molar-refractivity contribution in [2.45, 2.75) is 6.54 Å². The second-order valence-electron chi connectivity index (χ2n) is 4.13. The molecule has 3 aromatic rings. The van der Waals surface area contributed by atoms with Crippen molar-refractivity contribution in [3.8, 4) is 5.75 Å². The molecule has 0 atom stereocenters. The van der Waals surface area contributed by atoms with Gasteiger partial charge in [0.1, 0.15) is 11.3 Å². The molecule has 1 N–H and O–H groups in total. The van der Waals surface area contributed by atoms with Crippen LogP contribution in [0.4, 0.5) is 4.79 Å². The molecule has 0 fully saturated rings. The average molecular weight is 268 g/mol. The van der Waals surface area contributed by atoms with Crippen molar-refractivity contribution >= 4 is 17.2 Å². The number of benzene rings is 2. The summed E-state index contributed by atoms with van der Waals surface area (Å²) in [4.78, 5) is 15.9. The predicted molar refractivity (Wildman–Crippen MR) is 73.3 cm³/mol. The molecule has 3 rings (SSSR count). The standard InChI is InChI=1S/C15H12N2O3/c18-15(19-11-6-2-1-3-7-11)16-10-14-17-12-8-4-5-9-13(12)20-14/h1-9H,10H2,(H,16,18). The van der Waals surface area contributed by atoms with E-state index in [1.54, 1.807) is 24.3 Å². The lowest BCUT2D eigenvalue weighted by atomic mass is 10.3. The Bertz CT molecular complexity index is 689. The van der Waals surface area contributed by atoms with Crippen LogP contribution in [0.15, 0.2) is 59.0 Å². The lowest BCUT2D eigenvalue weighted by Crippen LogP contribution is -2.26. The van der Waals surface area contributed by atoms with Crippen LogP contribution in [0, 0.1) is 0 Å². The first-order valence-corrected chi connectivity index (χ1v) is 6.16. The Morgan fingerprint density at radius 3 is 2.65 bits per heavy atom. The van der Waals surface area contributed by atoms with Crippen LogP contribution in [0.3, 0.4) is 0 Å². The SMILES string of the molecule is O=C(NCc1nc2ccccc2o1)Oc1ccccc1. The normalized spacial score (nSPS) is 10.4. The van der Waals surface area contributed by atoms with Crippen molar-refractivity contribution in [2.24, 2.45) is 0 Å². The number of hydrogen-bond acceptors (Lipinski definition) is 4. The summed E-state index contributed by atoms with van der Waals surface area (Å²) in [7, 11) is 0. The maximum Gasteiger partial charge on any atom is 0.413 e. The Balaban J connectivity index is 1.60. The molecule has 100 valence electrons. The van der Waals surface area contributed by atoms with Crippen molar-refractivity contribution in [3.05, 3.63) is 60.5 Å².